The van der Waals surface area contributed by atoms with Gasteiger partial charge >= 0.3 is 6.03 Å². The summed E-state index contributed by atoms with van der Waals surface area (Å²) in [6, 6.07) is 15.4. The van der Waals surface area contributed by atoms with Crippen LogP contribution < -0.4 is 11.1 Å². The Balaban J connectivity index is 1.77. The van der Waals surface area contributed by atoms with Gasteiger partial charge in [-0.25, -0.2) is 4.79 Å². The number of amides is 3. The average Bonchev–Trinajstić information content (AvgIpc) is 3.04. The summed E-state index contributed by atoms with van der Waals surface area (Å²) >= 11 is 0. The molecule has 3 aromatic rings. The van der Waals surface area contributed by atoms with E-state index < -0.39 is 6.03 Å². The van der Waals surface area contributed by atoms with Crippen molar-refractivity contribution in [1.29, 1.82) is 0 Å². The highest BCUT2D eigenvalue weighted by Gasteiger charge is 2.21. The van der Waals surface area contributed by atoms with Crippen LogP contribution in [0.5, 0.6) is 0 Å². The maximum absolute atomic E-state index is 12.7. The fraction of sp³-hybridized carbons (Fsp3) is 0.158. The molecule has 1 atom stereocenters. The summed E-state index contributed by atoms with van der Waals surface area (Å²) in [6.45, 7) is 1.92. The Hall–Kier alpha value is -3.28. The van der Waals surface area contributed by atoms with Crippen molar-refractivity contribution in [2.45, 2.75) is 13.0 Å². The molecule has 1 unspecified atom stereocenters. The lowest BCUT2D eigenvalue weighted by Crippen LogP contribution is -2.29. The number of carbonyl (C=O) groups is 2. The third kappa shape index (κ3) is 3.47. The van der Waals surface area contributed by atoms with Crippen LogP contribution in [0.25, 0.3) is 11.0 Å². The van der Waals surface area contributed by atoms with E-state index in [1.54, 1.807) is 36.2 Å². The monoisotopic (exact) mass is 337 g/mol. The summed E-state index contributed by atoms with van der Waals surface area (Å²) in [4.78, 5) is 25.1. The van der Waals surface area contributed by atoms with Crippen LogP contribution >= 0.6 is 0 Å². The highest BCUT2D eigenvalue weighted by atomic mass is 16.3. The third-order valence-corrected chi connectivity index (χ3v) is 4.16. The maximum atomic E-state index is 12.7. The minimum Gasteiger partial charge on any atom is -0.459 e. The van der Waals surface area contributed by atoms with E-state index in [0.29, 0.717) is 11.3 Å². The van der Waals surface area contributed by atoms with Crippen LogP contribution in [-0.2, 0) is 0 Å². The summed E-state index contributed by atoms with van der Waals surface area (Å²) in [5.74, 6) is 0.586. The lowest BCUT2D eigenvalue weighted by molar-refractivity contribution is 0.0727. The molecule has 2 aromatic carbocycles. The molecule has 3 amide bonds. The Labute approximate surface area is 145 Å². The number of fused-ring (bicyclic) bond motifs is 1. The van der Waals surface area contributed by atoms with E-state index in [1.165, 1.54) is 0 Å². The molecule has 6 nitrogen and oxygen atoms in total. The largest absolute Gasteiger partial charge is 0.459 e. The molecule has 6 heteroatoms. The van der Waals surface area contributed by atoms with Crippen molar-refractivity contribution in [2.24, 2.45) is 5.73 Å². The Morgan fingerprint density at radius 1 is 1.12 bits per heavy atom. The third-order valence-electron chi connectivity index (χ3n) is 4.16. The van der Waals surface area contributed by atoms with Gasteiger partial charge in [-0.15, -0.1) is 0 Å². The molecule has 0 radical (unpaired) electrons. The van der Waals surface area contributed by atoms with Crippen molar-refractivity contribution in [3.63, 3.8) is 0 Å². The van der Waals surface area contributed by atoms with E-state index in [0.717, 1.165) is 16.7 Å². The molecule has 25 heavy (non-hydrogen) atoms. The number of hydrogen-bond acceptors (Lipinski definition) is 3. The number of anilines is 1. The predicted molar refractivity (Wildman–Crippen MR) is 96.4 cm³/mol. The molecule has 0 saturated carbocycles. The van der Waals surface area contributed by atoms with Crippen LogP contribution in [0.4, 0.5) is 10.5 Å². The van der Waals surface area contributed by atoms with Gasteiger partial charge in [0.2, 0.25) is 0 Å². The number of benzene rings is 2. The van der Waals surface area contributed by atoms with Crippen molar-refractivity contribution in [1.82, 2.24) is 4.90 Å². The number of urea groups is 1. The first-order chi connectivity index (χ1) is 12.0. The van der Waals surface area contributed by atoms with Gasteiger partial charge in [-0.3, -0.25) is 4.79 Å². The van der Waals surface area contributed by atoms with Gasteiger partial charge in [0.15, 0.2) is 0 Å². The fourth-order valence-corrected chi connectivity index (χ4v) is 2.62. The lowest BCUT2D eigenvalue weighted by atomic mass is 10.1. The van der Waals surface area contributed by atoms with Crippen LogP contribution in [0.1, 0.15) is 29.1 Å². The molecule has 0 bridgehead atoms. The summed E-state index contributed by atoms with van der Waals surface area (Å²) in [7, 11) is 1.73. The zero-order chi connectivity index (χ0) is 18.0. The van der Waals surface area contributed by atoms with Crippen molar-refractivity contribution in [3.8, 4) is 0 Å². The summed E-state index contributed by atoms with van der Waals surface area (Å²) < 4.78 is 5.84. The van der Waals surface area contributed by atoms with E-state index in [2.05, 4.69) is 5.32 Å². The second kappa shape index (κ2) is 6.68. The zero-order valence-electron chi connectivity index (χ0n) is 14.0. The Morgan fingerprint density at radius 2 is 1.80 bits per heavy atom. The standard InChI is InChI=1S/C19H19N3O3/c1-12(17-11-14-5-3-4-6-16(14)25-17)22(2)18(23)13-7-9-15(10-8-13)21-19(20)24/h3-12H,1-2H3,(H3,20,21,24). The zero-order valence-corrected chi connectivity index (χ0v) is 14.0. The number of nitrogens with one attached hydrogen (secondary N) is 1. The van der Waals surface area contributed by atoms with E-state index >= 15 is 0 Å². The van der Waals surface area contributed by atoms with Crippen molar-refractivity contribution >= 4 is 28.6 Å². The summed E-state index contributed by atoms with van der Waals surface area (Å²) in [5.41, 5.74) is 6.92. The smallest absolute Gasteiger partial charge is 0.316 e. The van der Waals surface area contributed by atoms with Gasteiger partial charge in [0.05, 0.1) is 6.04 Å². The first-order valence-corrected chi connectivity index (χ1v) is 7.88. The normalized spacial score (nSPS) is 11.9. The predicted octanol–water partition coefficient (Wildman–Crippen LogP) is 3.76. The Kier molecular flexibility index (Phi) is 4.43. The second-order valence-corrected chi connectivity index (χ2v) is 5.85. The number of primary amides is 1. The Bertz CT molecular complexity index is 882. The van der Waals surface area contributed by atoms with Gasteiger partial charge in [0, 0.05) is 23.7 Å². The molecule has 1 aromatic heterocycles. The minimum atomic E-state index is -0.644. The number of hydrogen-bond donors (Lipinski definition) is 2. The quantitative estimate of drug-likeness (QED) is 0.760. The van der Waals surface area contributed by atoms with E-state index in [4.69, 9.17) is 10.2 Å². The second-order valence-electron chi connectivity index (χ2n) is 5.85. The van der Waals surface area contributed by atoms with Crippen LogP contribution in [-0.4, -0.2) is 23.9 Å². The molecule has 128 valence electrons. The van der Waals surface area contributed by atoms with Gasteiger partial charge in [0.25, 0.3) is 5.91 Å². The van der Waals surface area contributed by atoms with E-state index in [9.17, 15) is 9.59 Å². The van der Waals surface area contributed by atoms with E-state index in [-0.39, 0.29) is 11.9 Å². The Morgan fingerprint density at radius 3 is 2.44 bits per heavy atom. The van der Waals surface area contributed by atoms with E-state index in [1.807, 2.05) is 37.3 Å². The first-order valence-electron chi connectivity index (χ1n) is 7.88. The van der Waals surface area contributed by atoms with Crippen molar-refractivity contribution < 1.29 is 14.0 Å². The van der Waals surface area contributed by atoms with Crippen LogP contribution in [0, 0.1) is 0 Å². The molecular weight excluding hydrogens is 318 g/mol. The molecule has 0 aliphatic carbocycles. The summed E-state index contributed by atoms with van der Waals surface area (Å²) in [6.07, 6.45) is 0. The van der Waals surface area contributed by atoms with Gasteiger partial charge < -0.3 is 20.4 Å². The molecule has 1 heterocycles. The average molecular weight is 337 g/mol. The number of nitrogens with zero attached hydrogens (tertiary/aromatic N) is 1. The topological polar surface area (TPSA) is 88.6 Å². The lowest BCUT2D eigenvalue weighted by Gasteiger charge is -2.23. The highest BCUT2D eigenvalue weighted by Crippen LogP contribution is 2.27. The molecule has 0 fully saturated rings. The molecule has 0 aliphatic heterocycles. The summed E-state index contributed by atoms with van der Waals surface area (Å²) in [5, 5.41) is 3.47. The first kappa shape index (κ1) is 16.6. The SMILES string of the molecule is CC(c1cc2ccccc2o1)N(C)C(=O)c1ccc(NC(N)=O)cc1. The number of para-hydroxylation sites is 1. The maximum Gasteiger partial charge on any atom is 0.316 e. The molecule has 3 N–H and O–H groups in total. The molecular formula is C19H19N3O3. The van der Waals surface area contributed by atoms with Gasteiger partial charge in [-0.1, -0.05) is 18.2 Å². The van der Waals surface area contributed by atoms with Gasteiger partial charge in [-0.2, -0.15) is 0 Å². The minimum absolute atomic E-state index is 0.140. The van der Waals surface area contributed by atoms with Gasteiger partial charge in [-0.05, 0) is 43.3 Å². The van der Waals surface area contributed by atoms with Crippen LogP contribution in [0.3, 0.4) is 0 Å². The molecule has 3 rings (SSSR count). The molecule has 0 aliphatic rings. The van der Waals surface area contributed by atoms with Crippen LogP contribution in [0.2, 0.25) is 0 Å². The number of furan rings is 1. The van der Waals surface area contributed by atoms with Crippen molar-refractivity contribution in [3.05, 3.63) is 65.9 Å². The highest BCUT2D eigenvalue weighted by molar-refractivity contribution is 5.95. The van der Waals surface area contributed by atoms with Crippen LogP contribution in [0.15, 0.2) is 59.0 Å². The van der Waals surface area contributed by atoms with Crippen molar-refractivity contribution in [2.75, 3.05) is 12.4 Å². The fourth-order valence-electron chi connectivity index (χ4n) is 2.62. The number of nitrogens with two attached hydrogens (primary N) is 1. The van der Waals surface area contributed by atoms with Gasteiger partial charge in [0.1, 0.15) is 11.3 Å². The molecule has 0 spiro atoms. The number of rotatable bonds is 4. The molecule has 0 saturated heterocycles. The number of carbonyl (C=O) groups excluding carboxylic acids is 2.